The fourth-order valence-electron chi connectivity index (χ4n) is 2.59. The topological polar surface area (TPSA) is 32.3 Å². The summed E-state index contributed by atoms with van der Waals surface area (Å²) in [4.78, 5) is 15.4. The molecule has 0 radical (unpaired) electrons. The Morgan fingerprint density at radius 1 is 1.33 bits per heavy atom. The number of carbonyl (C=O) groups is 1. The van der Waals surface area contributed by atoms with E-state index in [-0.39, 0.29) is 5.91 Å². The number of amides is 1. The number of thiol groups is 1. The summed E-state index contributed by atoms with van der Waals surface area (Å²) in [5.74, 6) is 0.0218. The van der Waals surface area contributed by atoms with Crippen LogP contribution in [0, 0.1) is 0 Å². The van der Waals surface area contributed by atoms with E-state index in [0.29, 0.717) is 11.6 Å². The van der Waals surface area contributed by atoms with Crippen LogP contribution in [0.3, 0.4) is 0 Å². The summed E-state index contributed by atoms with van der Waals surface area (Å²) in [6.07, 6.45) is 3.74. The van der Waals surface area contributed by atoms with Gasteiger partial charge in [-0.15, -0.1) is 12.6 Å². The van der Waals surface area contributed by atoms with Crippen molar-refractivity contribution in [3.63, 3.8) is 0 Å². The molecule has 1 amide bonds. The number of rotatable bonds is 3. The molecule has 18 heavy (non-hydrogen) atoms. The smallest absolute Gasteiger partial charge is 0.251 e. The Morgan fingerprint density at radius 3 is 2.89 bits per heavy atom. The van der Waals surface area contributed by atoms with Gasteiger partial charge in [0.15, 0.2) is 0 Å². The van der Waals surface area contributed by atoms with Gasteiger partial charge in [-0.05, 0) is 37.5 Å². The van der Waals surface area contributed by atoms with Crippen LogP contribution in [0.5, 0.6) is 0 Å². The minimum atomic E-state index is 0.0218. The molecule has 0 spiro atoms. The van der Waals surface area contributed by atoms with Crippen molar-refractivity contribution in [1.82, 2.24) is 10.2 Å². The van der Waals surface area contributed by atoms with E-state index in [0.717, 1.165) is 30.4 Å². The van der Waals surface area contributed by atoms with Crippen LogP contribution in [0.1, 0.15) is 29.6 Å². The first kappa shape index (κ1) is 12.1. The average molecular weight is 262 g/mol. The molecule has 0 bridgehead atoms. The van der Waals surface area contributed by atoms with Gasteiger partial charge in [-0.3, -0.25) is 9.69 Å². The van der Waals surface area contributed by atoms with Gasteiger partial charge < -0.3 is 5.32 Å². The van der Waals surface area contributed by atoms with Gasteiger partial charge in [0.05, 0.1) is 0 Å². The summed E-state index contributed by atoms with van der Waals surface area (Å²) >= 11 is 4.26. The molecule has 1 aliphatic heterocycles. The highest BCUT2D eigenvalue weighted by Crippen LogP contribution is 2.29. The first-order chi connectivity index (χ1) is 8.72. The molecule has 1 aromatic carbocycles. The highest BCUT2D eigenvalue weighted by molar-refractivity contribution is 7.80. The van der Waals surface area contributed by atoms with E-state index < -0.39 is 0 Å². The fourth-order valence-corrected chi connectivity index (χ4v) is 2.82. The van der Waals surface area contributed by atoms with Crippen molar-refractivity contribution in [3.8, 4) is 0 Å². The first-order valence-corrected chi connectivity index (χ1v) is 7.01. The summed E-state index contributed by atoms with van der Waals surface area (Å²) in [5.41, 5.74) is 0.701. The van der Waals surface area contributed by atoms with E-state index in [1.165, 1.54) is 12.8 Å². The number of benzene rings is 1. The molecule has 3 nitrogen and oxygen atoms in total. The predicted molar refractivity (Wildman–Crippen MR) is 74.2 cm³/mol. The molecular weight excluding hydrogens is 244 g/mol. The molecule has 3 rings (SSSR count). The van der Waals surface area contributed by atoms with Gasteiger partial charge in [-0.25, -0.2) is 0 Å². The zero-order valence-corrected chi connectivity index (χ0v) is 11.2. The third kappa shape index (κ3) is 2.70. The van der Waals surface area contributed by atoms with Crippen molar-refractivity contribution in [2.24, 2.45) is 0 Å². The Kier molecular flexibility index (Phi) is 3.31. The number of likely N-dealkylation sites (tertiary alicyclic amines) is 1. The van der Waals surface area contributed by atoms with Crippen molar-refractivity contribution in [2.45, 2.75) is 36.2 Å². The second-order valence-electron chi connectivity index (χ2n) is 5.24. The van der Waals surface area contributed by atoms with Gasteiger partial charge >= 0.3 is 0 Å². The molecule has 1 atom stereocenters. The monoisotopic (exact) mass is 262 g/mol. The molecule has 1 saturated carbocycles. The van der Waals surface area contributed by atoms with Crippen LogP contribution < -0.4 is 5.32 Å². The highest BCUT2D eigenvalue weighted by Gasteiger charge is 2.34. The maximum Gasteiger partial charge on any atom is 0.251 e. The van der Waals surface area contributed by atoms with Gasteiger partial charge in [-0.2, -0.15) is 0 Å². The molecule has 2 aliphatic rings. The van der Waals surface area contributed by atoms with E-state index in [1.54, 1.807) is 0 Å². The van der Waals surface area contributed by atoms with Crippen LogP contribution in [0.15, 0.2) is 29.2 Å². The molecule has 1 saturated heterocycles. The van der Waals surface area contributed by atoms with Crippen LogP contribution in [0.4, 0.5) is 0 Å². The summed E-state index contributed by atoms with van der Waals surface area (Å²) < 4.78 is 0. The summed E-state index contributed by atoms with van der Waals surface area (Å²) in [6.45, 7) is 2.14. The number of nitrogens with zero attached hydrogens (tertiary/aromatic N) is 1. The normalized spacial score (nSPS) is 24.2. The molecule has 1 aliphatic carbocycles. The van der Waals surface area contributed by atoms with Crippen LogP contribution in [-0.4, -0.2) is 36.0 Å². The molecular formula is C14H18N2OS. The zero-order chi connectivity index (χ0) is 12.5. The van der Waals surface area contributed by atoms with Crippen LogP contribution >= 0.6 is 12.6 Å². The highest BCUT2D eigenvalue weighted by atomic mass is 32.1. The minimum absolute atomic E-state index is 0.0218. The van der Waals surface area contributed by atoms with Crippen molar-refractivity contribution in [3.05, 3.63) is 29.8 Å². The van der Waals surface area contributed by atoms with Gasteiger partial charge in [0.1, 0.15) is 0 Å². The predicted octanol–water partition coefficient (Wildman–Crippen LogP) is 1.94. The SMILES string of the molecule is O=C(NC1CCN(C2CC2)C1)c1cccc(S)c1. The Hall–Kier alpha value is -1.00. The second kappa shape index (κ2) is 4.94. The Morgan fingerprint density at radius 2 is 2.17 bits per heavy atom. The minimum Gasteiger partial charge on any atom is -0.348 e. The van der Waals surface area contributed by atoms with E-state index in [4.69, 9.17) is 0 Å². The Labute approximate surface area is 113 Å². The molecule has 1 aromatic rings. The maximum absolute atomic E-state index is 12.1. The van der Waals surface area contributed by atoms with E-state index in [1.807, 2.05) is 24.3 Å². The van der Waals surface area contributed by atoms with Gasteiger partial charge in [0.2, 0.25) is 0 Å². The van der Waals surface area contributed by atoms with Crippen LogP contribution in [-0.2, 0) is 0 Å². The molecule has 0 aromatic heterocycles. The number of hydrogen-bond acceptors (Lipinski definition) is 3. The fraction of sp³-hybridized carbons (Fsp3) is 0.500. The third-order valence-electron chi connectivity index (χ3n) is 3.73. The molecule has 96 valence electrons. The lowest BCUT2D eigenvalue weighted by molar-refractivity contribution is 0.0937. The average Bonchev–Trinajstić information content (AvgIpc) is 3.11. The van der Waals surface area contributed by atoms with Gasteiger partial charge in [0, 0.05) is 35.6 Å². The quantitative estimate of drug-likeness (QED) is 0.816. The third-order valence-corrected chi connectivity index (χ3v) is 4.00. The van der Waals surface area contributed by atoms with E-state index in [2.05, 4.69) is 22.8 Å². The summed E-state index contributed by atoms with van der Waals surface area (Å²) in [5, 5.41) is 3.12. The van der Waals surface area contributed by atoms with Crippen molar-refractivity contribution in [2.75, 3.05) is 13.1 Å². The standard InChI is InChI=1S/C14H18N2OS/c17-14(10-2-1-3-13(18)8-10)15-11-6-7-16(9-11)12-4-5-12/h1-3,8,11-12,18H,4-7,9H2,(H,15,17). The van der Waals surface area contributed by atoms with E-state index >= 15 is 0 Å². The Balaban J connectivity index is 1.58. The molecule has 1 heterocycles. The zero-order valence-electron chi connectivity index (χ0n) is 10.3. The number of nitrogens with one attached hydrogen (secondary N) is 1. The van der Waals surface area contributed by atoms with Crippen molar-refractivity contribution >= 4 is 18.5 Å². The molecule has 2 fully saturated rings. The van der Waals surface area contributed by atoms with Crippen molar-refractivity contribution in [1.29, 1.82) is 0 Å². The number of hydrogen-bond donors (Lipinski definition) is 2. The lowest BCUT2D eigenvalue weighted by atomic mass is 10.2. The maximum atomic E-state index is 12.1. The second-order valence-corrected chi connectivity index (χ2v) is 5.75. The summed E-state index contributed by atoms with van der Waals surface area (Å²) in [7, 11) is 0. The van der Waals surface area contributed by atoms with Gasteiger partial charge in [-0.1, -0.05) is 6.07 Å². The van der Waals surface area contributed by atoms with Crippen LogP contribution in [0.25, 0.3) is 0 Å². The van der Waals surface area contributed by atoms with Gasteiger partial charge in [0.25, 0.3) is 5.91 Å². The van der Waals surface area contributed by atoms with Crippen molar-refractivity contribution < 1.29 is 4.79 Å². The van der Waals surface area contributed by atoms with E-state index in [9.17, 15) is 4.79 Å². The number of carbonyl (C=O) groups excluding carboxylic acids is 1. The first-order valence-electron chi connectivity index (χ1n) is 6.56. The molecule has 1 unspecified atom stereocenters. The Bertz CT molecular complexity index is 459. The molecule has 4 heteroatoms. The summed E-state index contributed by atoms with van der Waals surface area (Å²) in [6, 6.07) is 8.50. The largest absolute Gasteiger partial charge is 0.348 e. The molecule has 1 N–H and O–H groups in total. The lowest BCUT2D eigenvalue weighted by Gasteiger charge is -2.15. The lowest BCUT2D eigenvalue weighted by Crippen LogP contribution is -2.37. The van der Waals surface area contributed by atoms with Crippen LogP contribution in [0.2, 0.25) is 0 Å².